The third-order valence-electron chi connectivity index (χ3n) is 3.94. The Morgan fingerprint density at radius 2 is 1.74 bits per heavy atom. The number of carboxylic acids is 1. The highest BCUT2D eigenvalue weighted by molar-refractivity contribution is 5.97. The molecule has 19 heavy (non-hydrogen) atoms. The summed E-state index contributed by atoms with van der Waals surface area (Å²) in [6.07, 6.45) is 9.73. The molecule has 104 valence electrons. The Morgan fingerprint density at radius 1 is 1.16 bits per heavy atom. The van der Waals surface area contributed by atoms with E-state index in [4.69, 9.17) is 0 Å². The van der Waals surface area contributed by atoms with E-state index in [9.17, 15) is 14.7 Å². The molecule has 2 rings (SSSR count). The SMILES string of the molecule is CC(=O)c1cc(C(=O)O)n(C2CCCCCCC2)c1. The molecule has 1 aromatic rings. The predicted octanol–water partition coefficient (Wildman–Crippen LogP) is 3.67. The summed E-state index contributed by atoms with van der Waals surface area (Å²) >= 11 is 0. The standard InChI is InChI=1S/C15H21NO3/c1-11(17)12-9-14(15(18)19)16(10-12)13-7-5-3-2-4-6-8-13/h9-10,13H,2-8H2,1H3,(H,18,19). The van der Waals surface area contributed by atoms with Gasteiger partial charge in [-0.05, 0) is 25.8 Å². The molecule has 0 unspecified atom stereocenters. The van der Waals surface area contributed by atoms with Crippen LogP contribution >= 0.6 is 0 Å². The van der Waals surface area contributed by atoms with Gasteiger partial charge in [-0.2, -0.15) is 0 Å². The predicted molar refractivity (Wildman–Crippen MR) is 72.8 cm³/mol. The largest absolute Gasteiger partial charge is 0.477 e. The lowest BCUT2D eigenvalue weighted by molar-refractivity contribution is 0.0681. The first kappa shape index (κ1) is 13.8. The van der Waals surface area contributed by atoms with Crippen molar-refractivity contribution in [3.8, 4) is 0 Å². The van der Waals surface area contributed by atoms with Gasteiger partial charge in [-0.15, -0.1) is 0 Å². The summed E-state index contributed by atoms with van der Waals surface area (Å²) in [5, 5.41) is 9.29. The van der Waals surface area contributed by atoms with E-state index in [-0.39, 0.29) is 17.5 Å². The van der Waals surface area contributed by atoms with Gasteiger partial charge in [-0.1, -0.05) is 32.1 Å². The number of hydrogen-bond acceptors (Lipinski definition) is 2. The topological polar surface area (TPSA) is 59.3 Å². The molecule has 0 atom stereocenters. The second kappa shape index (κ2) is 6.04. The smallest absolute Gasteiger partial charge is 0.352 e. The molecule has 1 N–H and O–H groups in total. The van der Waals surface area contributed by atoms with Crippen molar-refractivity contribution < 1.29 is 14.7 Å². The van der Waals surface area contributed by atoms with Gasteiger partial charge in [0.1, 0.15) is 5.69 Å². The van der Waals surface area contributed by atoms with Gasteiger partial charge in [0.15, 0.2) is 5.78 Å². The summed E-state index contributed by atoms with van der Waals surface area (Å²) in [7, 11) is 0. The zero-order valence-corrected chi connectivity index (χ0v) is 11.4. The lowest BCUT2D eigenvalue weighted by Gasteiger charge is -2.22. The second-order valence-corrected chi connectivity index (χ2v) is 5.38. The van der Waals surface area contributed by atoms with Gasteiger partial charge in [0.05, 0.1) is 0 Å². The molecule has 0 bridgehead atoms. The Balaban J connectivity index is 2.29. The molecular formula is C15H21NO3. The summed E-state index contributed by atoms with van der Waals surface area (Å²) < 4.78 is 1.81. The zero-order valence-electron chi connectivity index (χ0n) is 11.4. The van der Waals surface area contributed by atoms with Gasteiger partial charge in [-0.3, -0.25) is 4.79 Å². The molecule has 4 nitrogen and oxygen atoms in total. The van der Waals surface area contributed by atoms with Gasteiger partial charge in [0, 0.05) is 17.8 Å². The van der Waals surface area contributed by atoms with Gasteiger partial charge in [-0.25, -0.2) is 4.79 Å². The zero-order chi connectivity index (χ0) is 13.8. The first-order valence-electron chi connectivity index (χ1n) is 7.05. The minimum atomic E-state index is -0.949. The van der Waals surface area contributed by atoms with E-state index in [2.05, 4.69) is 0 Å². The number of carbonyl (C=O) groups is 2. The number of nitrogens with zero attached hydrogens (tertiary/aromatic N) is 1. The quantitative estimate of drug-likeness (QED) is 0.846. The highest BCUT2D eigenvalue weighted by Gasteiger charge is 2.21. The van der Waals surface area contributed by atoms with Crippen molar-refractivity contribution in [3.05, 3.63) is 23.5 Å². The maximum absolute atomic E-state index is 11.4. The van der Waals surface area contributed by atoms with Crippen LogP contribution in [0.4, 0.5) is 0 Å². The Bertz CT molecular complexity index is 468. The van der Waals surface area contributed by atoms with Crippen LogP contribution in [0.2, 0.25) is 0 Å². The fourth-order valence-corrected chi connectivity index (χ4v) is 2.86. The van der Waals surface area contributed by atoms with Crippen LogP contribution in [0.1, 0.15) is 78.8 Å². The van der Waals surface area contributed by atoms with Crippen LogP contribution in [-0.2, 0) is 0 Å². The summed E-state index contributed by atoms with van der Waals surface area (Å²) in [5.74, 6) is -1.03. The number of hydrogen-bond donors (Lipinski definition) is 1. The number of carbonyl (C=O) groups excluding carboxylic acids is 1. The first-order valence-corrected chi connectivity index (χ1v) is 7.05. The monoisotopic (exact) mass is 263 g/mol. The molecule has 1 saturated carbocycles. The van der Waals surface area contributed by atoms with E-state index in [1.807, 2.05) is 4.57 Å². The number of carboxylic acid groups (broad SMARTS) is 1. The first-order chi connectivity index (χ1) is 9.09. The molecule has 4 heteroatoms. The van der Waals surface area contributed by atoms with Crippen LogP contribution in [0, 0.1) is 0 Å². The van der Waals surface area contributed by atoms with E-state index in [0.29, 0.717) is 5.56 Å². The van der Waals surface area contributed by atoms with Crippen LogP contribution in [0.5, 0.6) is 0 Å². The Labute approximate surface area is 113 Å². The third kappa shape index (κ3) is 3.25. The Hall–Kier alpha value is -1.58. The highest BCUT2D eigenvalue weighted by Crippen LogP contribution is 2.28. The van der Waals surface area contributed by atoms with Crippen LogP contribution in [-0.4, -0.2) is 21.4 Å². The van der Waals surface area contributed by atoms with Crippen molar-refractivity contribution in [1.29, 1.82) is 0 Å². The molecule has 1 fully saturated rings. The highest BCUT2D eigenvalue weighted by atomic mass is 16.4. The lowest BCUT2D eigenvalue weighted by Crippen LogP contribution is -2.15. The summed E-state index contributed by atoms with van der Waals surface area (Å²) in [6, 6.07) is 1.73. The molecule has 0 spiro atoms. The molecule has 0 aromatic carbocycles. The number of Topliss-reactive ketones (excluding diaryl/α,β-unsaturated/α-hetero) is 1. The summed E-state index contributed by atoms with van der Waals surface area (Å²) in [4.78, 5) is 22.8. The van der Waals surface area contributed by atoms with Crippen molar-refractivity contribution in [2.75, 3.05) is 0 Å². The molecule has 1 aliphatic rings. The normalized spacial score (nSPS) is 17.7. The van der Waals surface area contributed by atoms with Gasteiger partial charge >= 0.3 is 5.97 Å². The van der Waals surface area contributed by atoms with Gasteiger partial charge < -0.3 is 9.67 Å². The fourth-order valence-electron chi connectivity index (χ4n) is 2.86. The van der Waals surface area contributed by atoms with Crippen LogP contribution in [0.15, 0.2) is 12.3 Å². The lowest BCUT2D eigenvalue weighted by atomic mass is 9.96. The maximum Gasteiger partial charge on any atom is 0.352 e. The summed E-state index contributed by atoms with van der Waals surface area (Å²) in [5.41, 5.74) is 0.746. The van der Waals surface area contributed by atoms with Gasteiger partial charge in [0.25, 0.3) is 0 Å². The average molecular weight is 263 g/mol. The van der Waals surface area contributed by atoms with E-state index in [0.717, 1.165) is 25.7 Å². The number of rotatable bonds is 3. The molecule has 1 aromatic heterocycles. The summed E-state index contributed by atoms with van der Waals surface area (Å²) in [6.45, 7) is 1.48. The maximum atomic E-state index is 11.4. The Morgan fingerprint density at radius 3 is 2.26 bits per heavy atom. The molecule has 1 aliphatic carbocycles. The van der Waals surface area contributed by atoms with Gasteiger partial charge in [0.2, 0.25) is 0 Å². The van der Waals surface area contributed by atoms with Crippen molar-refractivity contribution >= 4 is 11.8 Å². The van der Waals surface area contributed by atoms with Crippen molar-refractivity contribution in [1.82, 2.24) is 4.57 Å². The van der Waals surface area contributed by atoms with Crippen LogP contribution in [0.3, 0.4) is 0 Å². The molecular weight excluding hydrogens is 242 g/mol. The molecule has 0 amide bonds. The van der Waals surface area contributed by atoms with E-state index < -0.39 is 5.97 Å². The molecule has 0 saturated heterocycles. The molecule has 0 radical (unpaired) electrons. The van der Waals surface area contributed by atoms with Crippen LogP contribution < -0.4 is 0 Å². The van der Waals surface area contributed by atoms with Crippen molar-refractivity contribution in [2.45, 2.75) is 57.9 Å². The second-order valence-electron chi connectivity index (χ2n) is 5.38. The van der Waals surface area contributed by atoms with Crippen molar-refractivity contribution in [3.63, 3.8) is 0 Å². The minimum absolute atomic E-state index is 0.0768. The minimum Gasteiger partial charge on any atom is -0.477 e. The number of aromatic nitrogens is 1. The van der Waals surface area contributed by atoms with Crippen molar-refractivity contribution in [2.24, 2.45) is 0 Å². The van der Waals surface area contributed by atoms with E-state index in [1.165, 1.54) is 32.3 Å². The molecule has 0 aliphatic heterocycles. The number of ketones is 1. The Kier molecular flexibility index (Phi) is 4.40. The fraction of sp³-hybridized carbons (Fsp3) is 0.600. The average Bonchev–Trinajstić information content (AvgIpc) is 2.73. The van der Waals surface area contributed by atoms with Crippen LogP contribution in [0.25, 0.3) is 0 Å². The number of aromatic carboxylic acids is 1. The van der Waals surface area contributed by atoms with E-state index >= 15 is 0 Å². The van der Waals surface area contributed by atoms with E-state index in [1.54, 1.807) is 6.20 Å². The third-order valence-corrected chi connectivity index (χ3v) is 3.94. The molecule has 1 heterocycles.